The summed E-state index contributed by atoms with van der Waals surface area (Å²) in [5.74, 6) is 7.26. The van der Waals surface area contributed by atoms with Gasteiger partial charge in [-0.25, -0.2) is 4.98 Å². The minimum Gasteiger partial charge on any atom is -0.433 e. The van der Waals surface area contributed by atoms with Crippen LogP contribution in [0, 0.1) is 17.8 Å². The number of carbonyl (C=O) groups is 1. The zero-order chi connectivity index (χ0) is 27.6. The van der Waals surface area contributed by atoms with E-state index in [0.717, 1.165) is 18.7 Å². The van der Waals surface area contributed by atoms with Gasteiger partial charge in [-0.3, -0.25) is 19.2 Å². The van der Waals surface area contributed by atoms with Crippen molar-refractivity contribution in [2.24, 2.45) is 5.92 Å². The van der Waals surface area contributed by atoms with Gasteiger partial charge >= 0.3 is 6.61 Å². The van der Waals surface area contributed by atoms with Crippen LogP contribution in [0.2, 0.25) is 0 Å². The second-order valence-electron chi connectivity index (χ2n) is 10.6. The Hall–Kier alpha value is -3.32. The number of halogens is 2. The van der Waals surface area contributed by atoms with Gasteiger partial charge in [-0.1, -0.05) is 24.8 Å². The van der Waals surface area contributed by atoms with Crippen LogP contribution in [0.1, 0.15) is 55.0 Å². The van der Waals surface area contributed by atoms with E-state index in [1.807, 2.05) is 44.1 Å². The number of hydrogen-bond donors (Lipinski definition) is 1. The molecular formula is C29H34F2N4O3. The number of aliphatic hydroxyl groups is 1. The first kappa shape index (κ1) is 27.7. The largest absolute Gasteiger partial charge is 0.433 e. The first-order valence-electron chi connectivity index (χ1n) is 12.7. The van der Waals surface area contributed by atoms with Crippen molar-refractivity contribution in [3.63, 3.8) is 0 Å². The van der Waals surface area contributed by atoms with Gasteiger partial charge in [0.2, 0.25) is 0 Å². The fraction of sp³-hybridized carbons (Fsp3) is 0.448. The van der Waals surface area contributed by atoms with E-state index in [0.29, 0.717) is 36.1 Å². The summed E-state index contributed by atoms with van der Waals surface area (Å²) in [6.07, 6.45) is 1.35. The summed E-state index contributed by atoms with van der Waals surface area (Å²) in [7, 11) is 3.85. The minimum absolute atomic E-state index is 0.100. The Morgan fingerprint density at radius 2 is 2.00 bits per heavy atom. The molecule has 0 aliphatic carbocycles. The smallest absolute Gasteiger partial charge is 0.387 e. The molecule has 1 fully saturated rings. The summed E-state index contributed by atoms with van der Waals surface area (Å²) >= 11 is 0. The highest BCUT2D eigenvalue weighted by Crippen LogP contribution is 2.36. The van der Waals surface area contributed by atoms with Crippen LogP contribution in [0.4, 0.5) is 8.78 Å². The van der Waals surface area contributed by atoms with E-state index in [9.17, 15) is 18.7 Å². The maximum atomic E-state index is 13.4. The molecule has 0 bridgehead atoms. The molecule has 1 aliphatic heterocycles. The maximum absolute atomic E-state index is 13.4. The van der Waals surface area contributed by atoms with Gasteiger partial charge in [-0.2, -0.15) is 8.78 Å². The van der Waals surface area contributed by atoms with E-state index in [-0.39, 0.29) is 29.0 Å². The highest BCUT2D eigenvalue weighted by molar-refractivity contribution is 5.87. The fourth-order valence-corrected chi connectivity index (χ4v) is 5.00. The summed E-state index contributed by atoms with van der Waals surface area (Å²) in [6, 6.07) is 10.0. The normalized spacial score (nSPS) is 15.4. The van der Waals surface area contributed by atoms with E-state index in [1.165, 1.54) is 12.1 Å². The monoisotopic (exact) mass is 524 g/mol. The second-order valence-corrected chi connectivity index (χ2v) is 10.6. The number of ether oxygens (including phenoxy) is 1. The molecule has 0 spiro atoms. The number of aromatic nitrogens is 2. The van der Waals surface area contributed by atoms with E-state index in [2.05, 4.69) is 16.7 Å². The zero-order valence-corrected chi connectivity index (χ0v) is 22.4. The van der Waals surface area contributed by atoms with Gasteiger partial charge in [-0.05, 0) is 64.7 Å². The molecule has 1 N–H and O–H groups in total. The number of aldehydes is 1. The third-order valence-electron chi connectivity index (χ3n) is 6.57. The van der Waals surface area contributed by atoms with Gasteiger partial charge in [-0.15, -0.1) is 0 Å². The third-order valence-corrected chi connectivity index (χ3v) is 6.57. The van der Waals surface area contributed by atoms with Gasteiger partial charge in [0.25, 0.3) is 0 Å². The predicted octanol–water partition coefficient (Wildman–Crippen LogP) is 4.51. The van der Waals surface area contributed by atoms with Crippen LogP contribution < -0.4 is 4.74 Å². The number of imidazole rings is 1. The average Bonchev–Trinajstić information content (AvgIpc) is 3.17. The molecular weight excluding hydrogens is 490 g/mol. The van der Waals surface area contributed by atoms with Crippen molar-refractivity contribution in [2.45, 2.75) is 45.4 Å². The first-order valence-corrected chi connectivity index (χ1v) is 12.7. The van der Waals surface area contributed by atoms with Crippen LogP contribution in [0.5, 0.6) is 5.75 Å². The van der Waals surface area contributed by atoms with Gasteiger partial charge < -0.3 is 9.84 Å². The van der Waals surface area contributed by atoms with Crippen molar-refractivity contribution in [3.8, 4) is 23.3 Å². The van der Waals surface area contributed by atoms with Crippen molar-refractivity contribution in [2.75, 3.05) is 33.7 Å². The van der Waals surface area contributed by atoms with E-state index < -0.39 is 12.2 Å². The second kappa shape index (κ2) is 11.2. The molecule has 0 saturated carbocycles. The van der Waals surface area contributed by atoms with Gasteiger partial charge in [0.05, 0.1) is 22.7 Å². The number of alkyl halides is 2. The first-order chi connectivity index (χ1) is 18.0. The number of hydrogen-bond acceptors (Lipinski definition) is 6. The lowest BCUT2D eigenvalue weighted by Gasteiger charge is -2.39. The molecule has 1 unspecified atom stereocenters. The van der Waals surface area contributed by atoms with Crippen molar-refractivity contribution >= 4 is 17.3 Å². The standard InChI is InChI=1S/C29H34F2N4O3/c1-6-23(33(4)5)27-32-22-13-12-19(10-11-20-15-34(16-20)18-29(2,3)37)14-24(22)35(27)26-21(17-36)8-7-9-25(26)38-28(30)31/h7-9,12-14,17,20,23,28,37H,6,15-16,18H2,1-5H3. The molecule has 4 rings (SSSR count). The Kier molecular flexibility index (Phi) is 8.16. The Labute approximate surface area is 222 Å². The van der Waals surface area contributed by atoms with Crippen molar-refractivity contribution in [3.05, 3.63) is 53.3 Å². The number of carbonyl (C=O) groups excluding carboxylic acids is 1. The molecule has 1 aliphatic rings. The number of para-hydroxylation sites is 1. The molecule has 2 heterocycles. The summed E-state index contributed by atoms with van der Waals surface area (Å²) in [6.45, 7) is 4.74. The van der Waals surface area contributed by atoms with Crippen LogP contribution in [0.3, 0.4) is 0 Å². The molecule has 7 nitrogen and oxygen atoms in total. The predicted molar refractivity (Wildman–Crippen MR) is 143 cm³/mol. The van der Waals surface area contributed by atoms with Crippen molar-refractivity contribution < 1.29 is 23.4 Å². The molecule has 0 amide bonds. The van der Waals surface area contributed by atoms with Crippen LogP contribution >= 0.6 is 0 Å². The summed E-state index contributed by atoms with van der Waals surface area (Å²) in [5.41, 5.74) is 1.77. The van der Waals surface area contributed by atoms with Gasteiger partial charge in [0.1, 0.15) is 11.5 Å². The van der Waals surface area contributed by atoms with E-state index in [1.54, 1.807) is 24.5 Å². The quantitative estimate of drug-likeness (QED) is 0.328. The SMILES string of the molecule is CCC(c1nc2ccc(C#CC3CN(CC(C)(C)O)C3)cc2n1-c1c(C=O)cccc1OC(F)F)N(C)C. The van der Waals surface area contributed by atoms with Crippen LogP contribution in [-0.4, -0.2) is 76.7 Å². The van der Waals surface area contributed by atoms with Gasteiger partial charge in [0.15, 0.2) is 12.0 Å². The Bertz CT molecular complexity index is 1360. The molecule has 1 aromatic heterocycles. The number of likely N-dealkylation sites (tertiary alicyclic amines) is 1. The topological polar surface area (TPSA) is 70.8 Å². The Morgan fingerprint density at radius 1 is 1.26 bits per heavy atom. The highest BCUT2D eigenvalue weighted by Gasteiger charge is 2.29. The molecule has 3 aromatic rings. The van der Waals surface area contributed by atoms with Crippen LogP contribution in [0.25, 0.3) is 16.7 Å². The highest BCUT2D eigenvalue weighted by atomic mass is 19.3. The van der Waals surface area contributed by atoms with Gasteiger partial charge in [0, 0.05) is 36.7 Å². The van der Waals surface area contributed by atoms with Crippen LogP contribution in [-0.2, 0) is 0 Å². The number of β-amino-alcohol motifs (C(OH)–C–C–N with tert-alkyl or cyclic N) is 1. The third kappa shape index (κ3) is 6.04. The lowest BCUT2D eigenvalue weighted by atomic mass is 9.97. The number of fused-ring (bicyclic) bond motifs is 1. The Morgan fingerprint density at radius 3 is 2.61 bits per heavy atom. The lowest BCUT2D eigenvalue weighted by Crippen LogP contribution is -2.51. The van der Waals surface area contributed by atoms with E-state index in [4.69, 9.17) is 9.72 Å². The molecule has 2 aromatic carbocycles. The number of rotatable bonds is 9. The fourth-order valence-electron chi connectivity index (χ4n) is 5.00. The molecule has 9 heteroatoms. The summed E-state index contributed by atoms with van der Waals surface area (Å²) < 4.78 is 33.3. The average molecular weight is 525 g/mol. The maximum Gasteiger partial charge on any atom is 0.387 e. The molecule has 1 saturated heterocycles. The molecule has 1 atom stereocenters. The molecule has 0 radical (unpaired) electrons. The number of nitrogens with zero attached hydrogens (tertiary/aromatic N) is 4. The summed E-state index contributed by atoms with van der Waals surface area (Å²) in [4.78, 5) is 21.1. The Balaban J connectivity index is 1.81. The molecule has 38 heavy (non-hydrogen) atoms. The molecule has 202 valence electrons. The van der Waals surface area contributed by atoms with Crippen molar-refractivity contribution in [1.29, 1.82) is 0 Å². The number of benzene rings is 2. The van der Waals surface area contributed by atoms with E-state index >= 15 is 0 Å². The summed E-state index contributed by atoms with van der Waals surface area (Å²) in [5, 5.41) is 10.0. The zero-order valence-electron chi connectivity index (χ0n) is 22.4. The van der Waals surface area contributed by atoms with Crippen LogP contribution in [0.15, 0.2) is 36.4 Å². The van der Waals surface area contributed by atoms with Crippen molar-refractivity contribution in [1.82, 2.24) is 19.4 Å². The minimum atomic E-state index is -3.05. The lowest BCUT2D eigenvalue weighted by molar-refractivity contribution is -0.0498.